The summed E-state index contributed by atoms with van der Waals surface area (Å²) < 4.78 is 34.1. The Kier molecular flexibility index (Phi) is 4.39. The van der Waals surface area contributed by atoms with Crippen molar-refractivity contribution in [2.24, 2.45) is 7.05 Å². The summed E-state index contributed by atoms with van der Waals surface area (Å²) in [6.07, 6.45) is 1.67. The second-order valence-electron chi connectivity index (χ2n) is 5.74. The molecule has 0 atom stereocenters. The lowest BCUT2D eigenvalue weighted by atomic mass is 10.1. The topological polar surface area (TPSA) is 56.1 Å². The number of halogens is 2. The van der Waals surface area contributed by atoms with Gasteiger partial charge in [-0.1, -0.05) is 0 Å². The van der Waals surface area contributed by atoms with Crippen LogP contribution in [0.4, 0.5) is 8.78 Å². The minimum atomic E-state index is -1.04. The second-order valence-corrected chi connectivity index (χ2v) is 5.74. The predicted octanol–water partition coefficient (Wildman–Crippen LogP) is 3.10. The van der Waals surface area contributed by atoms with Crippen LogP contribution in [0.25, 0.3) is 11.0 Å². The van der Waals surface area contributed by atoms with Gasteiger partial charge in [0.05, 0.1) is 24.5 Å². The lowest BCUT2D eigenvalue weighted by Crippen LogP contribution is -2.24. The molecule has 1 N–H and O–H groups in total. The number of rotatable bonds is 4. The van der Waals surface area contributed by atoms with E-state index >= 15 is 0 Å². The van der Waals surface area contributed by atoms with Crippen LogP contribution >= 0.6 is 0 Å². The molecule has 3 rings (SSSR count). The highest BCUT2D eigenvalue weighted by atomic mass is 19.2. The van der Waals surface area contributed by atoms with E-state index in [4.69, 9.17) is 4.74 Å². The number of nitrogens with one attached hydrogen (secondary N) is 1. The molecule has 1 aromatic heterocycles. The van der Waals surface area contributed by atoms with Gasteiger partial charge in [-0.25, -0.2) is 13.8 Å². The van der Waals surface area contributed by atoms with E-state index in [0.29, 0.717) is 5.75 Å². The first-order valence-electron chi connectivity index (χ1n) is 7.63. The van der Waals surface area contributed by atoms with E-state index in [1.165, 1.54) is 13.0 Å². The Hall–Kier alpha value is -2.96. The lowest BCUT2D eigenvalue weighted by Gasteiger charge is -2.12. The summed E-state index contributed by atoms with van der Waals surface area (Å²) in [7, 11) is 3.39. The normalized spacial score (nSPS) is 10.9. The van der Waals surface area contributed by atoms with Gasteiger partial charge in [-0.15, -0.1) is 0 Å². The molecule has 2 aromatic carbocycles. The van der Waals surface area contributed by atoms with E-state index in [2.05, 4.69) is 10.3 Å². The van der Waals surface area contributed by atoms with E-state index in [-0.39, 0.29) is 17.7 Å². The zero-order chi connectivity index (χ0) is 18.1. The zero-order valence-electron chi connectivity index (χ0n) is 14.1. The zero-order valence-corrected chi connectivity index (χ0v) is 14.1. The molecule has 0 aliphatic rings. The Morgan fingerprint density at radius 3 is 2.76 bits per heavy atom. The fraction of sp³-hybridized carbons (Fsp3) is 0.222. The van der Waals surface area contributed by atoms with E-state index in [1.807, 2.05) is 17.7 Å². The van der Waals surface area contributed by atoms with Crippen molar-refractivity contribution < 1.29 is 18.3 Å². The Morgan fingerprint density at radius 1 is 1.32 bits per heavy atom. The highest BCUT2D eigenvalue weighted by molar-refractivity contribution is 5.94. The highest BCUT2D eigenvalue weighted by Crippen LogP contribution is 2.27. The smallest absolute Gasteiger partial charge is 0.251 e. The molecule has 0 spiro atoms. The van der Waals surface area contributed by atoms with Crippen LogP contribution in [-0.2, 0) is 13.6 Å². The Bertz CT molecular complexity index is 943. The van der Waals surface area contributed by atoms with Crippen molar-refractivity contribution in [2.75, 3.05) is 7.11 Å². The van der Waals surface area contributed by atoms with Crippen molar-refractivity contribution in [3.05, 3.63) is 58.9 Å². The van der Waals surface area contributed by atoms with Crippen LogP contribution in [0.15, 0.2) is 30.6 Å². The Morgan fingerprint density at radius 2 is 2.08 bits per heavy atom. The molecule has 0 radical (unpaired) electrons. The number of nitrogens with zero attached hydrogens (tertiary/aromatic N) is 2. The molecule has 1 heterocycles. The van der Waals surface area contributed by atoms with Crippen LogP contribution in [0, 0.1) is 18.6 Å². The number of hydrogen-bond acceptors (Lipinski definition) is 3. The average molecular weight is 345 g/mol. The average Bonchev–Trinajstić information content (AvgIpc) is 2.98. The molecule has 1 amide bonds. The molecule has 7 heteroatoms. The molecule has 0 unspecified atom stereocenters. The molecule has 3 aromatic rings. The number of benzene rings is 2. The fourth-order valence-electron chi connectivity index (χ4n) is 2.80. The van der Waals surface area contributed by atoms with Gasteiger partial charge in [0.15, 0.2) is 11.6 Å². The Labute approximate surface area is 143 Å². The highest BCUT2D eigenvalue weighted by Gasteiger charge is 2.16. The molecular weight excluding hydrogens is 328 g/mol. The van der Waals surface area contributed by atoms with Crippen molar-refractivity contribution in [1.82, 2.24) is 14.9 Å². The molecule has 0 saturated carbocycles. The van der Waals surface area contributed by atoms with Gasteiger partial charge in [0, 0.05) is 24.7 Å². The predicted molar refractivity (Wildman–Crippen MR) is 89.5 cm³/mol. The molecule has 0 saturated heterocycles. The summed E-state index contributed by atoms with van der Waals surface area (Å²) in [5.41, 5.74) is 2.51. The minimum Gasteiger partial charge on any atom is -0.496 e. The molecule has 130 valence electrons. The first kappa shape index (κ1) is 16.9. The maximum Gasteiger partial charge on any atom is 0.251 e. The van der Waals surface area contributed by atoms with E-state index in [1.54, 1.807) is 19.5 Å². The maximum absolute atomic E-state index is 13.5. The van der Waals surface area contributed by atoms with Crippen LogP contribution < -0.4 is 10.1 Å². The summed E-state index contributed by atoms with van der Waals surface area (Å²) in [6, 6.07) is 5.81. The third kappa shape index (κ3) is 3.05. The molecule has 0 bridgehead atoms. The molecule has 0 aliphatic carbocycles. The quantitative estimate of drug-likeness (QED) is 0.790. The molecule has 0 aliphatic heterocycles. The van der Waals surface area contributed by atoms with Gasteiger partial charge < -0.3 is 14.6 Å². The Balaban J connectivity index is 1.90. The number of carbonyl (C=O) groups excluding carboxylic acids is 1. The summed E-state index contributed by atoms with van der Waals surface area (Å²) in [5, 5.41) is 2.72. The number of amides is 1. The third-order valence-electron chi connectivity index (χ3n) is 4.06. The van der Waals surface area contributed by atoms with Crippen LogP contribution in [0.3, 0.4) is 0 Å². The van der Waals surface area contributed by atoms with Crippen molar-refractivity contribution in [3.8, 4) is 5.75 Å². The lowest BCUT2D eigenvalue weighted by molar-refractivity contribution is 0.0950. The van der Waals surface area contributed by atoms with Gasteiger partial charge in [0.25, 0.3) is 5.91 Å². The molecule has 25 heavy (non-hydrogen) atoms. The number of fused-ring (bicyclic) bond motifs is 1. The van der Waals surface area contributed by atoms with Crippen molar-refractivity contribution in [3.63, 3.8) is 0 Å². The van der Waals surface area contributed by atoms with Crippen molar-refractivity contribution >= 4 is 16.9 Å². The number of ether oxygens (including phenoxy) is 1. The maximum atomic E-state index is 13.5. The molecule has 5 nitrogen and oxygen atoms in total. The number of methoxy groups -OCH3 is 1. The van der Waals surface area contributed by atoms with Gasteiger partial charge in [-0.2, -0.15) is 0 Å². The second kappa shape index (κ2) is 6.51. The van der Waals surface area contributed by atoms with Gasteiger partial charge in [-0.3, -0.25) is 4.79 Å². The summed E-state index contributed by atoms with van der Waals surface area (Å²) in [5.74, 6) is -1.88. The summed E-state index contributed by atoms with van der Waals surface area (Å²) in [4.78, 5) is 16.6. The van der Waals surface area contributed by atoms with E-state index in [0.717, 1.165) is 22.7 Å². The summed E-state index contributed by atoms with van der Waals surface area (Å²) >= 11 is 0. The van der Waals surface area contributed by atoms with Crippen molar-refractivity contribution in [2.45, 2.75) is 13.5 Å². The van der Waals surface area contributed by atoms with Crippen LogP contribution in [0.2, 0.25) is 0 Å². The molecule has 0 fully saturated rings. The number of imidazole rings is 1. The SMILES string of the molecule is COc1ccc2ncn(C)c2c1CNC(=O)c1cc(C)c(F)c(F)c1. The number of carbonyl (C=O) groups is 1. The van der Waals surface area contributed by atoms with Gasteiger partial charge in [0.2, 0.25) is 0 Å². The molecular formula is C18H17F2N3O2. The van der Waals surface area contributed by atoms with Crippen LogP contribution in [0.1, 0.15) is 21.5 Å². The monoisotopic (exact) mass is 345 g/mol. The van der Waals surface area contributed by atoms with Crippen molar-refractivity contribution in [1.29, 1.82) is 0 Å². The fourth-order valence-corrected chi connectivity index (χ4v) is 2.80. The first-order valence-corrected chi connectivity index (χ1v) is 7.63. The van der Waals surface area contributed by atoms with Gasteiger partial charge in [-0.05, 0) is 36.8 Å². The minimum absolute atomic E-state index is 0.0625. The van der Waals surface area contributed by atoms with E-state index in [9.17, 15) is 13.6 Å². The largest absolute Gasteiger partial charge is 0.496 e. The van der Waals surface area contributed by atoms with Gasteiger partial charge >= 0.3 is 0 Å². The number of aromatic nitrogens is 2. The van der Waals surface area contributed by atoms with Crippen LogP contribution in [-0.4, -0.2) is 22.6 Å². The number of aryl methyl sites for hydroxylation is 2. The van der Waals surface area contributed by atoms with Crippen LogP contribution in [0.5, 0.6) is 5.75 Å². The number of hydrogen-bond donors (Lipinski definition) is 1. The standard InChI is InChI=1S/C18H17F2N3O2/c1-10-6-11(7-13(19)16(10)20)18(24)21-8-12-15(25-3)5-4-14-17(12)23(2)9-22-14/h4-7,9H,8H2,1-3H3,(H,21,24). The first-order chi connectivity index (χ1) is 11.9. The van der Waals surface area contributed by atoms with Gasteiger partial charge in [0.1, 0.15) is 5.75 Å². The summed E-state index contributed by atoms with van der Waals surface area (Å²) in [6.45, 7) is 1.57. The van der Waals surface area contributed by atoms with E-state index < -0.39 is 17.5 Å². The third-order valence-corrected chi connectivity index (χ3v) is 4.06.